The van der Waals surface area contributed by atoms with E-state index in [2.05, 4.69) is 21.2 Å². The first-order valence-electron chi connectivity index (χ1n) is 6.30. The van der Waals surface area contributed by atoms with Gasteiger partial charge < -0.3 is 15.2 Å². The van der Waals surface area contributed by atoms with Gasteiger partial charge in [0.1, 0.15) is 5.82 Å². The van der Waals surface area contributed by atoms with Crippen LogP contribution in [0.15, 0.2) is 22.7 Å². The van der Waals surface area contributed by atoms with Gasteiger partial charge in [-0.25, -0.2) is 4.39 Å². The number of rotatable bonds is 8. The average molecular weight is 334 g/mol. The third kappa shape index (κ3) is 7.01. The lowest BCUT2D eigenvalue weighted by atomic mass is 9.93. The molecule has 3 nitrogen and oxygen atoms in total. The molecule has 1 rings (SSSR count). The Labute approximate surface area is 122 Å². The fourth-order valence-electron chi connectivity index (χ4n) is 1.90. The second-order valence-corrected chi connectivity index (χ2v) is 5.86. The molecule has 1 aromatic carbocycles. The van der Waals surface area contributed by atoms with Crippen LogP contribution in [0, 0.1) is 5.82 Å². The summed E-state index contributed by atoms with van der Waals surface area (Å²) < 4.78 is 18.9. The normalized spacial score (nSPS) is 14.4. The highest BCUT2D eigenvalue weighted by atomic mass is 79.9. The largest absolute Gasteiger partial charge is 0.390 e. The summed E-state index contributed by atoms with van der Waals surface area (Å²) in [4.78, 5) is 0. The lowest BCUT2D eigenvalue weighted by Gasteiger charge is -2.23. The zero-order valence-electron chi connectivity index (χ0n) is 11.4. The lowest BCUT2D eigenvalue weighted by Crippen LogP contribution is -2.33. The van der Waals surface area contributed by atoms with E-state index >= 15 is 0 Å². The van der Waals surface area contributed by atoms with Crippen LogP contribution in [0.2, 0.25) is 0 Å². The Kier molecular flexibility index (Phi) is 6.93. The van der Waals surface area contributed by atoms with Crippen LogP contribution in [0.5, 0.6) is 0 Å². The van der Waals surface area contributed by atoms with Crippen molar-refractivity contribution in [2.45, 2.75) is 25.4 Å². The summed E-state index contributed by atoms with van der Waals surface area (Å²) in [5.74, 6) is -0.293. The van der Waals surface area contributed by atoms with Crippen molar-refractivity contribution in [1.82, 2.24) is 5.32 Å². The van der Waals surface area contributed by atoms with E-state index in [4.69, 9.17) is 4.74 Å². The third-order valence-electron chi connectivity index (χ3n) is 2.83. The van der Waals surface area contributed by atoms with Gasteiger partial charge in [0.2, 0.25) is 0 Å². The molecule has 0 saturated heterocycles. The summed E-state index contributed by atoms with van der Waals surface area (Å²) in [6, 6.07) is 4.69. The van der Waals surface area contributed by atoms with Crippen LogP contribution in [0.4, 0.5) is 4.39 Å². The van der Waals surface area contributed by atoms with Gasteiger partial charge in [-0.3, -0.25) is 0 Å². The van der Waals surface area contributed by atoms with Gasteiger partial charge in [-0.05, 0) is 43.7 Å². The predicted octanol–water partition coefficient (Wildman–Crippen LogP) is 2.51. The summed E-state index contributed by atoms with van der Waals surface area (Å²) in [7, 11) is 1.65. The number of halogens is 2. The van der Waals surface area contributed by atoms with E-state index in [1.807, 2.05) is 6.07 Å². The molecule has 0 aliphatic heterocycles. The van der Waals surface area contributed by atoms with Gasteiger partial charge in [0.15, 0.2) is 0 Å². The number of benzene rings is 1. The van der Waals surface area contributed by atoms with Gasteiger partial charge in [-0.15, -0.1) is 0 Å². The van der Waals surface area contributed by atoms with E-state index in [1.165, 1.54) is 12.1 Å². The van der Waals surface area contributed by atoms with Gasteiger partial charge in [0.25, 0.3) is 0 Å². The number of hydrogen-bond acceptors (Lipinski definition) is 3. The number of aliphatic hydroxyl groups is 1. The average Bonchev–Trinajstić information content (AvgIpc) is 2.26. The SMILES string of the molecule is COCCNCCC(C)(O)Cc1cc(F)cc(Br)c1. The molecule has 0 aliphatic rings. The van der Waals surface area contributed by atoms with E-state index < -0.39 is 5.60 Å². The lowest BCUT2D eigenvalue weighted by molar-refractivity contribution is 0.0510. The molecule has 5 heteroatoms. The molecule has 0 spiro atoms. The first-order chi connectivity index (χ1) is 8.93. The highest BCUT2D eigenvalue weighted by Gasteiger charge is 2.20. The maximum Gasteiger partial charge on any atom is 0.124 e. The Hall–Kier alpha value is -0.490. The van der Waals surface area contributed by atoms with Crippen molar-refractivity contribution in [2.75, 3.05) is 26.8 Å². The standard InChI is InChI=1S/C14H21BrFNO2/c1-14(18,3-4-17-5-6-19-2)10-11-7-12(15)9-13(16)8-11/h7-9,17-18H,3-6,10H2,1-2H3. The summed E-state index contributed by atoms with van der Waals surface area (Å²) in [6.07, 6.45) is 1.03. The fourth-order valence-corrected chi connectivity index (χ4v) is 2.41. The molecule has 0 radical (unpaired) electrons. The Balaban J connectivity index is 2.44. The van der Waals surface area contributed by atoms with Crippen LogP contribution in [0.25, 0.3) is 0 Å². The third-order valence-corrected chi connectivity index (χ3v) is 3.29. The van der Waals surface area contributed by atoms with E-state index in [1.54, 1.807) is 14.0 Å². The Morgan fingerprint density at radius 3 is 2.74 bits per heavy atom. The minimum atomic E-state index is -0.854. The second-order valence-electron chi connectivity index (χ2n) is 4.94. The minimum Gasteiger partial charge on any atom is -0.390 e. The molecule has 1 atom stereocenters. The Morgan fingerprint density at radius 1 is 1.37 bits per heavy atom. The molecule has 0 fully saturated rings. The molecule has 0 bridgehead atoms. The van der Waals surface area contributed by atoms with Crippen LogP contribution in [0.1, 0.15) is 18.9 Å². The molecule has 108 valence electrons. The molecular weight excluding hydrogens is 313 g/mol. The zero-order chi connectivity index (χ0) is 14.3. The number of hydrogen-bond donors (Lipinski definition) is 2. The number of nitrogens with one attached hydrogen (secondary N) is 1. The minimum absolute atomic E-state index is 0.293. The summed E-state index contributed by atoms with van der Waals surface area (Å²) in [5, 5.41) is 13.5. The predicted molar refractivity (Wildman–Crippen MR) is 77.8 cm³/mol. The molecule has 1 unspecified atom stereocenters. The Bertz CT molecular complexity index is 379. The monoisotopic (exact) mass is 333 g/mol. The second kappa shape index (κ2) is 7.94. The quantitative estimate of drug-likeness (QED) is 0.718. The van der Waals surface area contributed by atoms with Crippen molar-refractivity contribution < 1.29 is 14.2 Å². The fraction of sp³-hybridized carbons (Fsp3) is 0.571. The molecule has 2 N–H and O–H groups in total. The first-order valence-corrected chi connectivity index (χ1v) is 7.09. The molecule has 1 aromatic rings. The van der Waals surface area contributed by atoms with Crippen molar-refractivity contribution in [3.8, 4) is 0 Å². The first kappa shape index (κ1) is 16.6. The van der Waals surface area contributed by atoms with Crippen molar-refractivity contribution in [3.63, 3.8) is 0 Å². The van der Waals surface area contributed by atoms with Gasteiger partial charge >= 0.3 is 0 Å². The summed E-state index contributed by atoms with van der Waals surface area (Å²) >= 11 is 3.25. The van der Waals surface area contributed by atoms with Gasteiger partial charge in [-0.1, -0.05) is 15.9 Å². The van der Waals surface area contributed by atoms with Crippen LogP contribution >= 0.6 is 15.9 Å². The summed E-state index contributed by atoms with van der Waals surface area (Å²) in [5.41, 5.74) is -0.0680. The molecule has 0 amide bonds. The van der Waals surface area contributed by atoms with Crippen molar-refractivity contribution in [2.24, 2.45) is 0 Å². The van der Waals surface area contributed by atoms with Gasteiger partial charge in [0.05, 0.1) is 12.2 Å². The van der Waals surface area contributed by atoms with Crippen molar-refractivity contribution in [3.05, 3.63) is 34.1 Å². The van der Waals surface area contributed by atoms with Crippen molar-refractivity contribution >= 4 is 15.9 Å². The number of methoxy groups -OCH3 is 1. The van der Waals surface area contributed by atoms with Crippen molar-refractivity contribution in [1.29, 1.82) is 0 Å². The molecular formula is C14H21BrFNO2. The molecule has 0 heterocycles. The smallest absolute Gasteiger partial charge is 0.124 e. The summed E-state index contributed by atoms with van der Waals surface area (Å²) in [6.45, 7) is 3.88. The van der Waals surface area contributed by atoms with E-state index in [0.717, 1.165) is 12.1 Å². The van der Waals surface area contributed by atoms with Gasteiger partial charge in [-0.2, -0.15) is 0 Å². The van der Waals surface area contributed by atoms with Crippen LogP contribution < -0.4 is 5.32 Å². The van der Waals surface area contributed by atoms with Crippen LogP contribution in [0.3, 0.4) is 0 Å². The highest BCUT2D eigenvalue weighted by Crippen LogP contribution is 2.21. The Morgan fingerprint density at radius 2 is 2.11 bits per heavy atom. The molecule has 0 saturated carbocycles. The van der Waals surface area contributed by atoms with Crippen LogP contribution in [-0.4, -0.2) is 37.5 Å². The zero-order valence-corrected chi connectivity index (χ0v) is 13.0. The van der Waals surface area contributed by atoms with Crippen LogP contribution in [-0.2, 0) is 11.2 Å². The maximum atomic E-state index is 13.3. The van der Waals surface area contributed by atoms with E-state index in [9.17, 15) is 9.50 Å². The van der Waals surface area contributed by atoms with Gasteiger partial charge in [0, 0.05) is 24.5 Å². The van der Waals surface area contributed by atoms with E-state index in [0.29, 0.717) is 30.5 Å². The molecule has 19 heavy (non-hydrogen) atoms. The highest BCUT2D eigenvalue weighted by molar-refractivity contribution is 9.10. The topological polar surface area (TPSA) is 41.5 Å². The maximum absolute atomic E-state index is 13.3. The van der Waals surface area contributed by atoms with E-state index in [-0.39, 0.29) is 5.82 Å². The molecule has 0 aliphatic carbocycles. The number of ether oxygens (including phenoxy) is 1. The molecule has 0 aromatic heterocycles.